The smallest absolute Gasteiger partial charge is 0.185 e. The third-order valence-corrected chi connectivity index (χ3v) is 3.33. The zero-order valence-electron chi connectivity index (χ0n) is 10.5. The van der Waals surface area contributed by atoms with Gasteiger partial charge in [0.2, 0.25) is 0 Å². The molecule has 0 saturated heterocycles. The van der Waals surface area contributed by atoms with E-state index in [1.54, 1.807) is 6.92 Å². The number of Topliss-reactive ketones (excluding diaryl/α,β-unsaturated/α-hetero) is 1. The summed E-state index contributed by atoms with van der Waals surface area (Å²) in [5.41, 5.74) is 1.52. The number of hydrogen-bond acceptors (Lipinski definition) is 2. The first kappa shape index (κ1) is 12.8. The highest BCUT2D eigenvalue weighted by Crippen LogP contribution is 2.42. The zero-order valence-corrected chi connectivity index (χ0v) is 10.5. The largest absolute Gasteiger partial charge is 0.290 e. The maximum absolute atomic E-state index is 12.4. The Hall–Kier alpha value is -1.18. The average molecular weight is 248 g/mol. The van der Waals surface area contributed by atoms with Crippen LogP contribution in [0.15, 0.2) is 22.8 Å². The molecule has 0 aliphatic heterocycles. The minimum atomic E-state index is -0.0977. The van der Waals surface area contributed by atoms with E-state index in [1.807, 2.05) is 51.4 Å². The Bertz CT molecular complexity index is 469. The van der Waals surface area contributed by atoms with Crippen LogP contribution in [0.25, 0.3) is 0 Å². The van der Waals surface area contributed by atoms with Crippen LogP contribution < -0.4 is 0 Å². The molecule has 2 nitrogen and oxygen atoms in total. The van der Waals surface area contributed by atoms with Crippen LogP contribution in [0.4, 0.5) is 0 Å². The topological polar surface area (TPSA) is 34.1 Å². The summed E-state index contributed by atoms with van der Waals surface area (Å²) in [6, 6.07) is 0. The molecule has 0 aromatic carbocycles. The van der Waals surface area contributed by atoms with Gasteiger partial charge in [0.15, 0.2) is 11.6 Å². The lowest BCUT2D eigenvalue weighted by Gasteiger charge is -2.24. The normalized spacial score (nSPS) is 26.5. The molecule has 0 atom stereocenters. The van der Waals surface area contributed by atoms with Crippen LogP contribution in [0.5, 0.6) is 0 Å². The van der Waals surface area contributed by atoms with E-state index in [0.717, 1.165) is 11.8 Å². The standard InChI is InChI=1S/C17H12O2/c1-11-10-14(18)15(12-6-2-3-7-12)16(17(11)19)13-8-4-5-9-13/h2-10H,1H3. The first-order valence-corrected chi connectivity index (χ1v) is 6.14. The van der Waals surface area contributed by atoms with Crippen molar-refractivity contribution in [3.05, 3.63) is 86.0 Å². The number of hydrogen-bond donors (Lipinski definition) is 0. The van der Waals surface area contributed by atoms with Crippen molar-refractivity contribution in [1.82, 2.24) is 0 Å². The van der Waals surface area contributed by atoms with Crippen LogP contribution >= 0.6 is 0 Å². The second-order valence-electron chi connectivity index (χ2n) is 4.62. The van der Waals surface area contributed by atoms with Gasteiger partial charge in [-0.05, 0) is 64.4 Å². The van der Waals surface area contributed by atoms with Crippen molar-refractivity contribution in [3.8, 4) is 0 Å². The second kappa shape index (κ2) is 5.07. The Kier molecular flexibility index (Phi) is 3.42. The fourth-order valence-corrected chi connectivity index (χ4v) is 2.41. The lowest BCUT2D eigenvalue weighted by atomic mass is 9.77. The van der Waals surface area contributed by atoms with Gasteiger partial charge >= 0.3 is 0 Å². The van der Waals surface area contributed by atoms with Crippen LogP contribution in [-0.4, -0.2) is 11.6 Å². The summed E-state index contributed by atoms with van der Waals surface area (Å²) in [4.78, 5) is 24.7. The zero-order chi connectivity index (χ0) is 13.4. The number of carbonyl (C=O) groups is 2. The summed E-state index contributed by atoms with van der Waals surface area (Å²) in [6.45, 7) is 1.69. The molecular weight excluding hydrogens is 236 g/mol. The van der Waals surface area contributed by atoms with E-state index >= 15 is 0 Å². The molecule has 0 spiro atoms. The third-order valence-electron chi connectivity index (χ3n) is 3.33. The fourth-order valence-electron chi connectivity index (χ4n) is 2.41. The summed E-state index contributed by atoms with van der Waals surface area (Å²) in [7, 11) is 0. The molecule has 0 amide bonds. The van der Waals surface area contributed by atoms with Crippen molar-refractivity contribution in [2.45, 2.75) is 6.92 Å². The molecule has 3 aliphatic rings. The van der Waals surface area contributed by atoms with Gasteiger partial charge in [-0.3, -0.25) is 9.59 Å². The van der Waals surface area contributed by atoms with Crippen molar-refractivity contribution < 1.29 is 9.59 Å². The highest BCUT2D eigenvalue weighted by Gasteiger charge is 2.38. The van der Waals surface area contributed by atoms with Gasteiger partial charge in [-0.1, -0.05) is 0 Å². The number of rotatable bonds is 2. The summed E-state index contributed by atoms with van der Waals surface area (Å²) >= 11 is 0. The molecule has 0 heterocycles. The Balaban J connectivity index is 2.03. The second-order valence-corrected chi connectivity index (χ2v) is 4.62. The maximum atomic E-state index is 12.4. The van der Waals surface area contributed by atoms with Crippen LogP contribution in [0.2, 0.25) is 0 Å². The van der Waals surface area contributed by atoms with E-state index < -0.39 is 0 Å². The van der Waals surface area contributed by atoms with Crippen LogP contribution in [0, 0.1) is 63.2 Å². The summed E-state index contributed by atoms with van der Waals surface area (Å²) in [5.74, 6) is 1.45. The minimum Gasteiger partial charge on any atom is -0.290 e. The van der Waals surface area contributed by atoms with Gasteiger partial charge in [0.1, 0.15) is 0 Å². The molecule has 3 aliphatic carbocycles. The molecule has 2 heteroatoms. The van der Waals surface area contributed by atoms with Crippen LogP contribution in [0.1, 0.15) is 6.92 Å². The molecule has 10 radical (unpaired) electrons. The summed E-state index contributed by atoms with van der Waals surface area (Å²) in [6.07, 6.45) is 16.4. The molecule has 0 unspecified atom stereocenters. The predicted octanol–water partition coefficient (Wildman–Crippen LogP) is 2.19. The summed E-state index contributed by atoms with van der Waals surface area (Å²) in [5, 5.41) is 0. The Morgan fingerprint density at radius 1 is 0.737 bits per heavy atom. The van der Waals surface area contributed by atoms with E-state index in [2.05, 4.69) is 0 Å². The van der Waals surface area contributed by atoms with Gasteiger partial charge in [0, 0.05) is 28.6 Å². The highest BCUT2D eigenvalue weighted by atomic mass is 16.1. The molecule has 92 valence electrons. The SMILES string of the molecule is CC1=CC(=O)C([C]2[CH][CH][CH][CH]2)=C([C]2[CH][CH][CH][CH]2)C1=O. The molecule has 2 fully saturated rings. The van der Waals surface area contributed by atoms with Crippen LogP contribution in [0.3, 0.4) is 0 Å². The van der Waals surface area contributed by atoms with E-state index in [4.69, 9.17) is 0 Å². The lowest BCUT2D eigenvalue weighted by molar-refractivity contribution is -0.115. The molecule has 2 saturated carbocycles. The fraction of sp³-hybridized carbons (Fsp3) is 0.0588. The van der Waals surface area contributed by atoms with E-state index in [-0.39, 0.29) is 11.6 Å². The Morgan fingerprint density at radius 3 is 1.74 bits per heavy atom. The predicted molar refractivity (Wildman–Crippen MR) is 71.7 cm³/mol. The quantitative estimate of drug-likeness (QED) is 0.702. The number of ketones is 2. The maximum Gasteiger partial charge on any atom is 0.185 e. The Morgan fingerprint density at radius 2 is 1.21 bits per heavy atom. The monoisotopic (exact) mass is 248 g/mol. The molecule has 0 bridgehead atoms. The van der Waals surface area contributed by atoms with Gasteiger partial charge in [-0.2, -0.15) is 0 Å². The van der Waals surface area contributed by atoms with E-state index in [0.29, 0.717) is 16.7 Å². The average Bonchev–Trinajstić information content (AvgIpc) is 3.05. The Labute approximate surface area is 115 Å². The van der Waals surface area contributed by atoms with Crippen LogP contribution in [-0.2, 0) is 9.59 Å². The van der Waals surface area contributed by atoms with Gasteiger partial charge in [0.05, 0.1) is 0 Å². The van der Waals surface area contributed by atoms with E-state index in [9.17, 15) is 9.59 Å². The first-order chi connectivity index (χ1) is 9.18. The van der Waals surface area contributed by atoms with Gasteiger partial charge < -0.3 is 0 Å². The van der Waals surface area contributed by atoms with Crippen molar-refractivity contribution in [2.24, 2.45) is 0 Å². The van der Waals surface area contributed by atoms with Crippen molar-refractivity contribution >= 4 is 11.6 Å². The van der Waals surface area contributed by atoms with E-state index in [1.165, 1.54) is 6.08 Å². The molecular formula is C17H12O2. The minimum absolute atomic E-state index is 0.0676. The molecule has 3 rings (SSSR count). The number of allylic oxidation sites excluding steroid dienone is 4. The molecule has 0 N–H and O–H groups in total. The van der Waals surface area contributed by atoms with Gasteiger partial charge in [-0.15, -0.1) is 0 Å². The van der Waals surface area contributed by atoms with Gasteiger partial charge in [-0.25, -0.2) is 0 Å². The van der Waals surface area contributed by atoms with Gasteiger partial charge in [0.25, 0.3) is 0 Å². The van der Waals surface area contributed by atoms with Crippen molar-refractivity contribution in [3.63, 3.8) is 0 Å². The lowest BCUT2D eigenvalue weighted by Crippen LogP contribution is -2.25. The summed E-state index contributed by atoms with van der Waals surface area (Å²) < 4.78 is 0. The highest BCUT2D eigenvalue weighted by molar-refractivity contribution is 6.26. The molecule has 0 aromatic rings. The molecule has 19 heavy (non-hydrogen) atoms. The molecule has 0 aromatic heterocycles. The van der Waals surface area contributed by atoms with Crippen molar-refractivity contribution in [2.75, 3.05) is 0 Å². The number of carbonyl (C=O) groups excluding carboxylic acids is 2. The third kappa shape index (κ3) is 2.22. The first-order valence-electron chi connectivity index (χ1n) is 6.14. The van der Waals surface area contributed by atoms with Crippen molar-refractivity contribution in [1.29, 1.82) is 0 Å².